The molecule has 0 aliphatic rings. The molecule has 0 aliphatic carbocycles. The average molecular weight is 597 g/mol. The molecule has 0 fully saturated rings. The Labute approximate surface area is 257 Å². The summed E-state index contributed by atoms with van der Waals surface area (Å²) >= 11 is 0. The lowest BCUT2D eigenvalue weighted by Gasteiger charge is -2.27. The van der Waals surface area contributed by atoms with Crippen molar-refractivity contribution in [2.45, 2.75) is 19.3 Å². The van der Waals surface area contributed by atoms with Crippen molar-refractivity contribution in [2.24, 2.45) is 0 Å². The third kappa shape index (κ3) is 6.89. The van der Waals surface area contributed by atoms with Gasteiger partial charge in [0, 0.05) is 26.6 Å². The van der Waals surface area contributed by atoms with Crippen molar-refractivity contribution >= 4 is 37.5 Å². The molecule has 2 nitrogen and oxygen atoms in total. The van der Waals surface area contributed by atoms with Crippen LogP contribution in [-0.4, -0.2) is 0 Å². The number of hydrogen-bond donors (Lipinski definition) is 0. The SMILES string of the molecule is CC(C)(c1ccc(OP(c2ccccc2)c2ccccc2)cc1)c1ccc(OP(c2ccccc2)c2ccccc2)cc1. The number of benzene rings is 6. The quantitative estimate of drug-likeness (QED) is 0.147. The summed E-state index contributed by atoms with van der Waals surface area (Å²) in [7, 11) is -1.93. The first kappa shape index (κ1) is 28.9. The van der Waals surface area contributed by atoms with Gasteiger partial charge in [0.2, 0.25) is 0 Å². The molecule has 0 heterocycles. The lowest BCUT2D eigenvalue weighted by atomic mass is 9.78. The van der Waals surface area contributed by atoms with Crippen LogP contribution in [0.2, 0.25) is 0 Å². The van der Waals surface area contributed by atoms with Crippen LogP contribution in [-0.2, 0) is 5.41 Å². The molecule has 6 aromatic rings. The minimum absolute atomic E-state index is 0.190. The smallest absolute Gasteiger partial charge is 0.150 e. The number of rotatable bonds is 10. The first-order chi connectivity index (χ1) is 21.1. The van der Waals surface area contributed by atoms with E-state index in [0.29, 0.717) is 0 Å². The van der Waals surface area contributed by atoms with Crippen LogP contribution < -0.4 is 30.3 Å². The van der Waals surface area contributed by atoms with E-state index in [4.69, 9.17) is 9.05 Å². The molecule has 0 N–H and O–H groups in total. The molecule has 43 heavy (non-hydrogen) atoms. The normalized spacial score (nSPS) is 11.4. The maximum atomic E-state index is 6.64. The van der Waals surface area contributed by atoms with Crippen LogP contribution >= 0.6 is 16.3 Å². The molecule has 0 unspecified atom stereocenters. The fourth-order valence-electron chi connectivity index (χ4n) is 5.00. The van der Waals surface area contributed by atoms with Gasteiger partial charge in [0.15, 0.2) is 16.3 Å². The molecule has 0 aromatic heterocycles. The highest BCUT2D eigenvalue weighted by Crippen LogP contribution is 2.40. The Bertz CT molecular complexity index is 1500. The van der Waals surface area contributed by atoms with Gasteiger partial charge in [0.25, 0.3) is 0 Å². The highest BCUT2D eigenvalue weighted by Gasteiger charge is 2.24. The second kappa shape index (κ2) is 13.4. The maximum absolute atomic E-state index is 6.64. The third-order valence-electron chi connectivity index (χ3n) is 7.51. The molecular formula is C39H34O2P2. The predicted octanol–water partition coefficient (Wildman–Crippen LogP) is 8.87. The van der Waals surface area contributed by atoms with Gasteiger partial charge in [-0.05, 0) is 35.4 Å². The van der Waals surface area contributed by atoms with Crippen molar-refractivity contribution < 1.29 is 9.05 Å². The first-order valence-electron chi connectivity index (χ1n) is 14.5. The fraction of sp³-hybridized carbons (Fsp3) is 0.0769. The van der Waals surface area contributed by atoms with Gasteiger partial charge in [-0.2, -0.15) is 0 Å². The molecule has 0 atom stereocenters. The van der Waals surface area contributed by atoms with Gasteiger partial charge in [-0.3, -0.25) is 0 Å². The highest BCUT2D eigenvalue weighted by molar-refractivity contribution is 7.69. The molecule has 0 saturated heterocycles. The zero-order chi connectivity index (χ0) is 29.5. The van der Waals surface area contributed by atoms with Crippen LogP contribution in [0.15, 0.2) is 170 Å². The molecule has 6 aromatic carbocycles. The zero-order valence-corrected chi connectivity index (χ0v) is 26.2. The van der Waals surface area contributed by atoms with Gasteiger partial charge in [-0.25, -0.2) is 0 Å². The summed E-state index contributed by atoms with van der Waals surface area (Å²) in [5.41, 5.74) is 2.27. The Morgan fingerprint density at radius 1 is 0.349 bits per heavy atom. The van der Waals surface area contributed by atoms with Crippen LogP contribution in [0, 0.1) is 0 Å². The third-order valence-corrected chi connectivity index (χ3v) is 11.4. The van der Waals surface area contributed by atoms with Gasteiger partial charge in [-0.15, -0.1) is 0 Å². The topological polar surface area (TPSA) is 18.5 Å². The molecule has 0 radical (unpaired) electrons. The van der Waals surface area contributed by atoms with E-state index in [1.165, 1.54) is 32.3 Å². The van der Waals surface area contributed by atoms with Crippen molar-refractivity contribution in [1.82, 2.24) is 0 Å². The van der Waals surface area contributed by atoms with Crippen molar-refractivity contribution in [3.63, 3.8) is 0 Å². The maximum Gasteiger partial charge on any atom is 0.150 e. The zero-order valence-electron chi connectivity index (χ0n) is 24.4. The lowest BCUT2D eigenvalue weighted by molar-refractivity contribution is 0.613. The van der Waals surface area contributed by atoms with Crippen LogP contribution in [0.4, 0.5) is 0 Å². The summed E-state index contributed by atoms with van der Waals surface area (Å²) in [6.45, 7) is 4.53. The Balaban J connectivity index is 1.20. The van der Waals surface area contributed by atoms with E-state index >= 15 is 0 Å². The van der Waals surface area contributed by atoms with Crippen molar-refractivity contribution in [1.29, 1.82) is 0 Å². The van der Waals surface area contributed by atoms with Crippen LogP contribution in [0.5, 0.6) is 11.5 Å². The van der Waals surface area contributed by atoms with Crippen molar-refractivity contribution in [3.05, 3.63) is 181 Å². The van der Waals surface area contributed by atoms with E-state index in [-0.39, 0.29) is 5.41 Å². The Kier molecular flexibility index (Phi) is 8.99. The summed E-state index contributed by atoms with van der Waals surface area (Å²) in [5.74, 6) is 1.74. The average Bonchev–Trinajstić information content (AvgIpc) is 3.08. The Hall–Kier alpha value is -4.22. The van der Waals surface area contributed by atoms with Gasteiger partial charge >= 0.3 is 0 Å². The predicted molar refractivity (Wildman–Crippen MR) is 184 cm³/mol. The summed E-state index contributed by atoms with van der Waals surface area (Å²) in [5, 5.41) is 4.77. The van der Waals surface area contributed by atoms with Crippen LogP contribution in [0.1, 0.15) is 25.0 Å². The van der Waals surface area contributed by atoms with Gasteiger partial charge in [-0.1, -0.05) is 159 Å². The second-order valence-corrected chi connectivity index (χ2v) is 14.4. The van der Waals surface area contributed by atoms with Gasteiger partial charge in [0.05, 0.1) is 0 Å². The van der Waals surface area contributed by atoms with E-state index < -0.39 is 16.3 Å². The molecule has 0 bridgehead atoms. The molecule has 0 amide bonds. The Morgan fingerprint density at radius 2 is 0.605 bits per heavy atom. The largest absolute Gasteiger partial charge is 0.464 e. The van der Waals surface area contributed by atoms with E-state index in [9.17, 15) is 0 Å². The minimum Gasteiger partial charge on any atom is -0.464 e. The van der Waals surface area contributed by atoms with E-state index in [2.05, 4.69) is 159 Å². The fourth-order valence-corrected chi connectivity index (χ4v) is 8.46. The molecule has 0 saturated carbocycles. The van der Waals surface area contributed by atoms with Gasteiger partial charge < -0.3 is 9.05 Å². The summed E-state index contributed by atoms with van der Waals surface area (Å²) < 4.78 is 13.3. The van der Waals surface area contributed by atoms with E-state index in [1.54, 1.807) is 0 Å². The summed E-state index contributed by atoms with van der Waals surface area (Å²) in [6, 6.07) is 59.1. The molecule has 0 aliphatic heterocycles. The van der Waals surface area contributed by atoms with Crippen LogP contribution in [0.25, 0.3) is 0 Å². The first-order valence-corrected chi connectivity index (χ1v) is 17.0. The second-order valence-electron chi connectivity index (χ2n) is 10.8. The van der Waals surface area contributed by atoms with E-state index in [0.717, 1.165) is 11.5 Å². The van der Waals surface area contributed by atoms with Crippen LogP contribution in [0.3, 0.4) is 0 Å². The minimum atomic E-state index is -0.966. The van der Waals surface area contributed by atoms with Crippen molar-refractivity contribution in [3.8, 4) is 11.5 Å². The van der Waals surface area contributed by atoms with E-state index in [1.807, 2.05) is 24.3 Å². The molecule has 212 valence electrons. The van der Waals surface area contributed by atoms with Gasteiger partial charge in [0.1, 0.15) is 11.5 Å². The highest BCUT2D eigenvalue weighted by atomic mass is 31.1. The Morgan fingerprint density at radius 3 is 0.860 bits per heavy atom. The lowest BCUT2D eigenvalue weighted by Crippen LogP contribution is -2.19. The summed E-state index contributed by atoms with van der Waals surface area (Å²) in [4.78, 5) is 0. The molecule has 0 spiro atoms. The summed E-state index contributed by atoms with van der Waals surface area (Å²) in [6.07, 6.45) is 0. The van der Waals surface area contributed by atoms with Crippen molar-refractivity contribution in [2.75, 3.05) is 0 Å². The standard InChI is InChI=1S/C39H34O2P2/c1-39(2,31-23-27-33(28-24-31)40-42(35-15-7-3-8-16-35)36-17-9-4-10-18-36)32-25-29-34(30-26-32)41-43(37-19-11-5-12-20-37)38-21-13-6-14-22-38/h3-30H,1-2H3. The molecule has 6 rings (SSSR count). The molecular weight excluding hydrogens is 562 g/mol. The number of hydrogen-bond acceptors (Lipinski definition) is 2. The monoisotopic (exact) mass is 596 g/mol. The molecule has 4 heteroatoms.